The van der Waals surface area contributed by atoms with Crippen molar-refractivity contribution < 1.29 is 14.0 Å². The summed E-state index contributed by atoms with van der Waals surface area (Å²) < 4.78 is 13.9. The molecule has 5 nitrogen and oxygen atoms in total. The van der Waals surface area contributed by atoms with E-state index in [2.05, 4.69) is 15.6 Å². The second kappa shape index (κ2) is 8.09. The topological polar surface area (TPSA) is 71.1 Å². The molecule has 0 saturated carbocycles. The van der Waals surface area contributed by atoms with Crippen LogP contribution in [-0.4, -0.2) is 16.8 Å². The zero-order chi connectivity index (χ0) is 19.4. The third-order valence-corrected chi connectivity index (χ3v) is 4.95. The van der Waals surface area contributed by atoms with Gasteiger partial charge in [-0.25, -0.2) is 9.37 Å². The first-order valence-electron chi connectivity index (χ1n) is 8.40. The van der Waals surface area contributed by atoms with Crippen molar-refractivity contribution in [1.82, 2.24) is 4.98 Å². The Morgan fingerprint density at radius 1 is 1.15 bits per heavy atom. The quantitative estimate of drug-likeness (QED) is 0.661. The normalized spacial score (nSPS) is 10.5. The van der Waals surface area contributed by atoms with Gasteiger partial charge < -0.3 is 10.6 Å². The zero-order valence-corrected chi connectivity index (χ0v) is 15.7. The molecular formula is C20H18FN3O2S. The molecule has 0 radical (unpaired) electrons. The maximum Gasteiger partial charge on any atom is 0.267 e. The molecule has 27 heavy (non-hydrogen) atoms. The number of nitrogens with zero attached hydrogens (tertiary/aromatic N) is 1. The van der Waals surface area contributed by atoms with Crippen molar-refractivity contribution in [3.63, 3.8) is 0 Å². The number of thiazole rings is 1. The summed E-state index contributed by atoms with van der Waals surface area (Å²) >= 11 is 1.12. The van der Waals surface area contributed by atoms with Crippen LogP contribution in [0.25, 0.3) is 10.6 Å². The first-order valence-corrected chi connectivity index (χ1v) is 9.22. The number of aromatic nitrogens is 1. The van der Waals surface area contributed by atoms with Crippen molar-refractivity contribution in [2.75, 3.05) is 10.6 Å². The molecule has 0 fully saturated rings. The fraction of sp³-hybridized carbons (Fsp3) is 0.150. The summed E-state index contributed by atoms with van der Waals surface area (Å²) in [5.41, 5.74) is 2.42. The molecule has 2 aromatic carbocycles. The van der Waals surface area contributed by atoms with E-state index in [0.717, 1.165) is 16.9 Å². The maximum absolute atomic E-state index is 13.9. The Kier molecular flexibility index (Phi) is 5.61. The Morgan fingerprint density at radius 2 is 1.93 bits per heavy atom. The summed E-state index contributed by atoms with van der Waals surface area (Å²) in [7, 11) is 0. The minimum absolute atomic E-state index is 0.104. The lowest BCUT2D eigenvalue weighted by Gasteiger charge is -2.10. The van der Waals surface area contributed by atoms with E-state index in [-0.39, 0.29) is 17.6 Å². The summed E-state index contributed by atoms with van der Waals surface area (Å²) in [6.45, 7) is 3.63. The van der Waals surface area contributed by atoms with Gasteiger partial charge in [-0.05, 0) is 36.8 Å². The second-order valence-electron chi connectivity index (χ2n) is 5.90. The van der Waals surface area contributed by atoms with Crippen LogP contribution in [0.15, 0.2) is 48.7 Å². The number of benzene rings is 2. The van der Waals surface area contributed by atoms with E-state index in [4.69, 9.17) is 0 Å². The largest absolute Gasteiger partial charge is 0.326 e. The van der Waals surface area contributed by atoms with Gasteiger partial charge in [0.05, 0.1) is 6.20 Å². The van der Waals surface area contributed by atoms with Crippen molar-refractivity contribution in [3.8, 4) is 10.6 Å². The van der Waals surface area contributed by atoms with Gasteiger partial charge in [0.1, 0.15) is 15.7 Å². The lowest BCUT2D eigenvalue weighted by molar-refractivity contribution is -0.115. The summed E-state index contributed by atoms with van der Waals surface area (Å²) in [6, 6.07) is 11.6. The SMILES string of the molecule is CCC(=O)Nc1ccc(C)c(NC(=O)c2cnc(-c3ccccc3F)s2)c1. The maximum atomic E-state index is 13.9. The van der Waals surface area contributed by atoms with Crippen LogP contribution in [-0.2, 0) is 4.79 Å². The van der Waals surface area contributed by atoms with Gasteiger partial charge in [-0.1, -0.05) is 25.1 Å². The monoisotopic (exact) mass is 383 g/mol. The van der Waals surface area contributed by atoms with Crippen LogP contribution >= 0.6 is 11.3 Å². The molecule has 1 aromatic heterocycles. The zero-order valence-electron chi connectivity index (χ0n) is 14.9. The van der Waals surface area contributed by atoms with Crippen LogP contribution in [0.4, 0.5) is 15.8 Å². The number of nitrogens with one attached hydrogen (secondary N) is 2. The van der Waals surface area contributed by atoms with E-state index in [1.54, 1.807) is 37.3 Å². The number of hydrogen-bond acceptors (Lipinski definition) is 4. The molecule has 3 rings (SSSR count). The molecule has 0 atom stereocenters. The lowest BCUT2D eigenvalue weighted by Crippen LogP contribution is -2.13. The lowest BCUT2D eigenvalue weighted by atomic mass is 10.1. The summed E-state index contributed by atoms with van der Waals surface area (Å²) in [6.07, 6.45) is 1.80. The van der Waals surface area contributed by atoms with Crippen molar-refractivity contribution >= 4 is 34.5 Å². The molecule has 0 aliphatic carbocycles. The van der Waals surface area contributed by atoms with E-state index in [1.807, 2.05) is 13.0 Å². The predicted molar refractivity (Wildman–Crippen MR) is 106 cm³/mol. The van der Waals surface area contributed by atoms with Crippen LogP contribution in [0.5, 0.6) is 0 Å². The Bertz CT molecular complexity index is 1000. The van der Waals surface area contributed by atoms with E-state index in [0.29, 0.717) is 33.2 Å². The molecule has 7 heteroatoms. The second-order valence-corrected chi connectivity index (χ2v) is 6.93. The molecule has 0 bridgehead atoms. The smallest absolute Gasteiger partial charge is 0.267 e. The van der Waals surface area contributed by atoms with E-state index < -0.39 is 0 Å². The van der Waals surface area contributed by atoms with E-state index in [1.165, 1.54) is 12.3 Å². The molecule has 0 aliphatic rings. The Morgan fingerprint density at radius 3 is 2.67 bits per heavy atom. The van der Waals surface area contributed by atoms with Crippen molar-refractivity contribution in [3.05, 3.63) is 64.9 Å². The minimum Gasteiger partial charge on any atom is -0.326 e. The van der Waals surface area contributed by atoms with Gasteiger partial charge >= 0.3 is 0 Å². The molecule has 0 spiro atoms. The number of anilines is 2. The highest BCUT2D eigenvalue weighted by Crippen LogP contribution is 2.28. The highest BCUT2D eigenvalue weighted by Gasteiger charge is 2.15. The van der Waals surface area contributed by atoms with Gasteiger partial charge in [0, 0.05) is 23.4 Å². The average molecular weight is 383 g/mol. The molecule has 2 amide bonds. The number of halogens is 1. The number of hydrogen-bond donors (Lipinski definition) is 2. The van der Waals surface area contributed by atoms with Gasteiger partial charge in [0.2, 0.25) is 5.91 Å². The number of carbonyl (C=O) groups excluding carboxylic acids is 2. The van der Waals surface area contributed by atoms with Crippen molar-refractivity contribution in [1.29, 1.82) is 0 Å². The first-order chi connectivity index (χ1) is 13.0. The number of aryl methyl sites for hydroxylation is 1. The Hall–Kier alpha value is -3.06. The molecule has 0 aliphatic heterocycles. The van der Waals surface area contributed by atoms with Crippen molar-refractivity contribution in [2.24, 2.45) is 0 Å². The molecule has 3 aromatic rings. The highest BCUT2D eigenvalue weighted by atomic mass is 32.1. The minimum atomic E-state index is -0.381. The fourth-order valence-electron chi connectivity index (χ4n) is 2.41. The molecule has 138 valence electrons. The van der Waals surface area contributed by atoms with Gasteiger partial charge in [-0.15, -0.1) is 11.3 Å². The molecule has 1 heterocycles. The van der Waals surface area contributed by atoms with Crippen molar-refractivity contribution in [2.45, 2.75) is 20.3 Å². The predicted octanol–water partition coefficient (Wildman–Crippen LogP) is 4.86. The first kappa shape index (κ1) is 18.7. The molecule has 0 unspecified atom stereocenters. The van der Waals surface area contributed by atoms with Gasteiger partial charge in [-0.3, -0.25) is 9.59 Å². The van der Waals surface area contributed by atoms with Crippen LogP contribution in [0.1, 0.15) is 28.6 Å². The van der Waals surface area contributed by atoms with Crippen LogP contribution in [0, 0.1) is 12.7 Å². The highest BCUT2D eigenvalue weighted by molar-refractivity contribution is 7.17. The third-order valence-electron chi connectivity index (χ3n) is 3.92. The van der Waals surface area contributed by atoms with Crippen LogP contribution in [0.2, 0.25) is 0 Å². The van der Waals surface area contributed by atoms with Gasteiger partial charge in [0.25, 0.3) is 5.91 Å². The Labute approximate surface area is 160 Å². The van der Waals surface area contributed by atoms with E-state index in [9.17, 15) is 14.0 Å². The molecular weight excluding hydrogens is 365 g/mol. The standard InChI is InChI=1S/C20H18FN3O2S/c1-3-18(25)23-13-9-8-12(2)16(10-13)24-19(26)17-11-22-20(27-17)14-6-4-5-7-15(14)21/h4-11H,3H2,1-2H3,(H,23,25)(H,24,26). The number of amides is 2. The number of rotatable bonds is 5. The van der Waals surface area contributed by atoms with Gasteiger partial charge in [0.15, 0.2) is 0 Å². The van der Waals surface area contributed by atoms with Crippen LogP contribution < -0.4 is 10.6 Å². The van der Waals surface area contributed by atoms with Crippen LogP contribution in [0.3, 0.4) is 0 Å². The summed E-state index contributed by atoms with van der Waals surface area (Å²) in [5, 5.41) is 6.03. The number of carbonyl (C=O) groups is 2. The fourth-order valence-corrected chi connectivity index (χ4v) is 3.24. The Balaban J connectivity index is 1.79. The molecule has 0 saturated heterocycles. The summed E-state index contributed by atoms with van der Waals surface area (Å²) in [5.74, 6) is -0.820. The molecule has 2 N–H and O–H groups in total. The summed E-state index contributed by atoms with van der Waals surface area (Å²) in [4.78, 5) is 28.6. The average Bonchev–Trinajstić information content (AvgIpc) is 3.14. The van der Waals surface area contributed by atoms with Gasteiger partial charge in [-0.2, -0.15) is 0 Å². The van der Waals surface area contributed by atoms with E-state index >= 15 is 0 Å². The third kappa shape index (κ3) is 4.38.